The first-order valence-electron chi connectivity index (χ1n) is 8.18. The van der Waals surface area contributed by atoms with Crippen LogP contribution < -0.4 is 5.32 Å². The van der Waals surface area contributed by atoms with Crippen LogP contribution >= 0.6 is 11.3 Å². The van der Waals surface area contributed by atoms with Gasteiger partial charge in [-0.25, -0.2) is 9.97 Å². The molecule has 1 aliphatic heterocycles. The Balaban J connectivity index is 1.50. The summed E-state index contributed by atoms with van der Waals surface area (Å²) in [6.45, 7) is 4.56. The first-order valence-corrected chi connectivity index (χ1v) is 9.00. The summed E-state index contributed by atoms with van der Waals surface area (Å²) in [5.41, 5.74) is 1.21. The van der Waals surface area contributed by atoms with E-state index in [1.807, 2.05) is 12.3 Å². The van der Waals surface area contributed by atoms with Crippen LogP contribution in [0.5, 0.6) is 0 Å². The Morgan fingerprint density at radius 1 is 1.32 bits per heavy atom. The lowest BCUT2D eigenvalue weighted by molar-refractivity contribution is 0.243. The number of thiazole rings is 1. The first-order chi connectivity index (χ1) is 10.8. The van der Waals surface area contributed by atoms with Crippen molar-refractivity contribution in [2.45, 2.75) is 38.6 Å². The van der Waals surface area contributed by atoms with E-state index in [0.29, 0.717) is 6.04 Å². The van der Waals surface area contributed by atoms with Gasteiger partial charge in [-0.05, 0) is 57.2 Å². The molecule has 0 radical (unpaired) electrons. The highest BCUT2D eigenvalue weighted by atomic mass is 32.1. The number of nitrogens with zero attached hydrogens (tertiary/aromatic N) is 3. The molecule has 0 bridgehead atoms. The number of hydrogen-bond donors (Lipinski definition) is 1. The standard InChI is InChI=1S/C17H22N4S/c1-12-10-18-17(22-12)20-16-6-2-4-14(19-16)15-5-3-9-21(15)11-13-7-8-13/h2,4,6,10,13,15H,3,5,7-9,11H2,1H3,(H,18,19,20). The maximum atomic E-state index is 4.85. The van der Waals surface area contributed by atoms with Crippen LogP contribution in [0.15, 0.2) is 24.4 Å². The molecule has 1 N–H and O–H groups in total. The van der Waals surface area contributed by atoms with Crippen LogP contribution in [0.2, 0.25) is 0 Å². The van der Waals surface area contributed by atoms with E-state index in [2.05, 4.69) is 34.3 Å². The fraction of sp³-hybridized carbons (Fsp3) is 0.529. The van der Waals surface area contributed by atoms with E-state index >= 15 is 0 Å². The number of rotatable bonds is 5. The molecule has 1 unspecified atom stereocenters. The molecular formula is C17H22N4S. The Morgan fingerprint density at radius 2 is 2.23 bits per heavy atom. The number of aromatic nitrogens is 2. The van der Waals surface area contributed by atoms with E-state index in [9.17, 15) is 0 Å². The molecule has 1 saturated carbocycles. The molecule has 1 aliphatic carbocycles. The number of hydrogen-bond acceptors (Lipinski definition) is 5. The topological polar surface area (TPSA) is 41.1 Å². The normalized spacial score (nSPS) is 22.1. The molecule has 4 rings (SSSR count). The molecule has 116 valence electrons. The van der Waals surface area contributed by atoms with Gasteiger partial charge in [-0.3, -0.25) is 4.90 Å². The van der Waals surface area contributed by atoms with E-state index in [-0.39, 0.29) is 0 Å². The summed E-state index contributed by atoms with van der Waals surface area (Å²) in [6, 6.07) is 6.81. The van der Waals surface area contributed by atoms with Gasteiger partial charge in [0.1, 0.15) is 5.82 Å². The number of likely N-dealkylation sites (tertiary alicyclic amines) is 1. The third kappa shape index (κ3) is 3.15. The first kappa shape index (κ1) is 14.2. The summed E-state index contributed by atoms with van der Waals surface area (Å²) < 4.78 is 0. The summed E-state index contributed by atoms with van der Waals surface area (Å²) in [5, 5.41) is 4.25. The molecular weight excluding hydrogens is 292 g/mol. The van der Waals surface area contributed by atoms with Gasteiger partial charge in [-0.1, -0.05) is 6.07 Å². The second-order valence-corrected chi connectivity index (χ2v) is 7.68. The quantitative estimate of drug-likeness (QED) is 0.900. The molecule has 1 saturated heterocycles. The summed E-state index contributed by atoms with van der Waals surface area (Å²) in [7, 11) is 0. The summed E-state index contributed by atoms with van der Waals surface area (Å²) in [4.78, 5) is 13.1. The lowest BCUT2D eigenvalue weighted by Crippen LogP contribution is -2.26. The van der Waals surface area contributed by atoms with Crippen LogP contribution in [0.25, 0.3) is 0 Å². The molecule has 0 amide bonds. The maximum absolute atomic E-state index is 4.85. The highest BCUT2D eigenvalue weighted by Gasteiger charge is 2.32. The van der Waals surface area contributed by atoms with Gasteiger partial charge in [-0.15, -0.1) is 11.3 Å². The fourth-order valence-corrected chi connectivity index (χ4v) is 3.91. The molecule has 3 heterocycles. The van der Waals surface area contributed by atoms with Crippen molar-refractivity contribution in [3.8, 4) is 0 Å². The summed E-state index contributed by atoms with van der Waals surface area (Å²) >= 11 is 1.67. The molecule has 0 aromatic carbocycles. The van der Waals surface area contributed by atoms with E-state index < -0.39 is 0 Å². The predicted molar refractivity (Wildman–Crippen MR) is 90.6 cm³/mol. The Kier molecular flexibility index (Phi) is 3.84. The lowest BCUT2D eigenvalue weighted by atomic mass is 10.1. The molecule has 0 spiro atoms. The number of nitrogens with one attached hydrogen (secondary N) is 1. The Bertz CT molecular complexity index is 650. The predicted octanol–water partition coefficient (Wildman–Crippen LogP) is 4.14. The Morgan fingerprint density at radius 3 is 3.00 bits per heavy atom. The molecule has 22 heavy (non-hydrogen) atoms. The van der Waals surface area contributed by atoms with Gasteiger partial charge in [0.05, 0.1) is 11.7 Å². The number of anilines is 2. The zero-order valence-electron chi connectivity index (χ0n) is 13.0. The van der Waals surface area contributed by atoms with Gasteiger partial charge in [0.2, 0.25) is 0 Å². The smallest absolute Gasteiger partial charge is 0.188 e. The minimum atomic E-state index is 0.500. The van der Waals surface area contributed by atoms with Gasteiger partial charge in [-0.2, -0.15) is 0 Å². The molecule has 2 fully saturated rings. The molecule has 2 aromatic rings. The van der Waals surface area contributed by atoms with Gasteiger partial charge in [0.15, 0.2) is 5.13 Å². The fourth-order valence-electron chi connectivity index (χ4n) is 3.24. The summed E-state index contributed by atoms with van der Waals surface area (Å²) in [6.07, 6.45) is 7.26. The Labute approximate surface area is 135 Å². The van der Waals surface area contributed by atoms with Gasteiger partial charge >= 0.3 is 0 Å². The number of pyridine rings is 1. The third-order valence-electron chi connectivity index (χ3n) is 4.52. The molecule has 2 aromatic heterocycles. The van der Waals surface area contributed by atoms with Gasteiger partial charge < -0.3 is 5.32 Å². The third-order valence-corrected chi connectivity index (χ3v) is 5.35. The van der Waals surface area contributed by atoms with Crippen molar-refractivity contribution in [1.82, 2.24) is 14.9 Å². The average Bonchev–Trinajstić information content (AvgIpc) is 3.04. The van der Waals surface area contributed by atoms with Gasteiger partial charge in [0, 0.05) is 17.6 Å². The van der Waals surface area contributed by atoms with Gasteiger partial charge in [0.25, 0.3) is 0 Å². The highest BCUT2D eigenvalue weighted by Crippen LogP contribution is 2.37. The van der Waals surface area contributed by atoms with Crippen molar-refractivity contribution in [2.75, 3.05) is 18.4 Å². The average molecular weight is 314 g/mol. The zero-order chi connectivity index (χ0) is 14.9. The van der Waals surface area contributed by atoms with Crippen molar-refractivity contribution in [3.63, 3.8) is 0 Å². The molecule has 1 atom stereocenters. The largest absolute Gasteiger partial charge is 0.316 e. The van der Waals surface area contributed by atoms with Crippen LogP contribution in [0.1, 0.15) is 42.3 Å². The lowest BCUT2D eigenvalue weighted by Gasteiger charge is -2.24. The molecule has 5 heteroatoms. The van der Waals surface area contributed by atoms with Crippen molar-refractivity contribution >= 4 is 22.3 Å². The maximum Gasteiger partial charge on any atom is 0.188 e. The van der Waals surface area contributed by atoms with Crippen molar-refractivity contribution in [3.05, 3.63) is 35.0 Å². The van der Waals surface area contributed by atoms with Crippen LogP contribution in [-0.4, -0.2) is 28.0 Å². The van der Waals surface area contributed by atoms with E-state index in [0.717, 1.165) is 16.9 Å². The minimum Gasteiger partial charge on any atom is -0.316 e. The van der Waals surface area contributed by atoms with Crippen LogP contribution in [-0.2, 0) is 0 Å². The SMILES string of the molecule is Cc1cnc(Nc2cccc(C3CCCN3CC3CC3)n2)s1. The van der Waals surface area contributed by atoms with Crippen molar-refractivity contribution in [2.24, 2.45) is 5.92 Å². The van der Waals surface area contributed by atoms with E-state index in [1.165, 1.54) is 49.3 Å². The monoisotopic (exact) mass is 314 g/mol. The molecule has 2 aliphatic rings. The number of aryl methyl sites for hydroxylation is 1. The van der Waals surface area contributed by atoms with Crippen LogP contribution in [0.4, 0.5) is 10.9 Å². The van der Waals surface area contributed by atoms with Crippen molar-refractivity contribution in [1.29, 1.82) is 0 Å². The minimum absolute atomic E-state index is 0.500. The van der Waals surface area contributed by atoms with Crippen LogP contribution in [0.3, 0.4) is 0 Å². The Hall–Kier alpha value is -1.46. The van der Waals surface area contributed by atoms with E-state index in [4.69, 9.17) is 4.98 Å². The summed E-state index contributed by atoms with van der Waals surface area (Å²) in [5.74, 6) is 1.85. The van der Waals surface area contributed by atoms with E-state index in [1.54, 1.807) is 11.3 Å². The zero-order valence-corrected chi connectivity index (χ0v) is 13.8. The second-order valence-electron chi connectivity index (χ2n) is 6.45. The molecule has 4 nitrogen and oxygen atoms in total. The van der Waals surface area contributed by atoms with Crippen molar-refractivity contribution < 1.29 is 0 Å². The highest BCUT2D eigenvalue weighted by molar-refractivity contribution is 7.15. The second kappa shape index (κ2) is 5.97. The van der Waals surface area contributed by atoms with Crippen LogP contribution in [0, 0.1) is 12.8 Å².